The van der Waals surface area contributed by atoms with Gasteiger partial charge in [-0.1, -0.05) is 0 Å². The number of hydrogen-bond donors (Lipinski definition) is 0. The topological polar surface area (TPSA) is 0 Å². The van der Waals surface area contributed by atoms with Crippen LogP contribution in [0.4, 0.5) is 0 Å². The molecule has 60 valence electrons. The number of hydrogen-bond acceptors (Lipinski definition) is 0. The lowest BCUT2D eigenvalue weighted by Crippen LogP contribution is -2.12. The second kappa shape index (κ2) is 2.79. The van der Waals surface area contributed by atoms with Crippen LogP contribution in [-0.4, -0.2) is 0 Å². The van der Waals surface area contributed by atoms with Crippen molar-refractivity contribution in [1.29, 1.82) is 0 Å². The fourth-order valence-electron chi connectivity index (χ4n) is 1.59. The molecule has 1 aliphatic carbocycles. The minimum absolute atomic E-state index is 0.303. The lowest BCUT2D eigenvalue weighted by molar-refractivity contribution is 0.504. The first kappa shape index (κ1) is 8.49. The summed E-state index contributed by atoms with van der Waals surface area (Å²) in [7, 11) is 0. The van der Waals surface area contributed by atoms with Crippen LogP contribution < -0.4 is 0 Å². The third-order valence-electron chi connectivity index (χ3n) is 2.09. The molecule has 0 heteroatoms. The molecule has 0 radical (unpaired) electrons. The van der Waals surface area contributed by atoms with E-state index >= 15 is 0 Å². The predicted molar refractivity (Wildman–Crippen MR) is 49.2 cm³/mol. The molecular weight excluding hydrogens is 132 g/mol. The van der Waals surface area contributed by atoms with Crippen molar-refractivity contribution < 1.29 is 0 Å². The van der Waals surface area contributed by atoms with Gasteiger partial charge in [0.1, 0.15) is 0 Å². The molecule has 1 rings (SSSR count). The van der Waals surface area contributed by atoms with Crippen LogP contribution in [0.5, 0.6) is 0 Å². The summed E-state index contributed by atoms with van der Waals surface area (Å²) >= 11 is 0. The van der Waals surface area contributed by atoms with E-state index in [0.717, 1.165) is 6.42 Å². The second-order valence-electron chi connectivity index (χ2n) is 4.21. The summed E-state index contributed by atoms with van der Waals surface area (Å²) in [6.07, 6.45) is 8.01. The fourth-order valence-corrected chi connectivity index (χ4v) is 1.59. The monoisotopic (exact) mass is 149 g/mol. The van der Waals surface area contributed by atoms with Crippen molar-refractivity contribution >= 4 is 0 Å². The maximum atomic E-state index is 3.39. The summed E-state index contributed by atoms with van der Waals surface area (Å²) in [6.45, 7) is 8.94. The molecule has 0 saturated heterocycles. The zero-order valence-electron chi connectivity index (χ0n) is 7.99. The molecule has 0 bridgehead atoms. The van der Waals surface area contributed by atoms with Crippen molar-refractivity contribution in [2.75, 3.05) is 0 Å². The average Bonchev–Trinajstić information content (AvgIpc) is 1.86. The summed E-state index contributed by atoms with van der Waals surface area (Å²) < 4.78 is 0. The normalized spacial score (nSPS) is 18.5. The van der Waals surface area contributed by atoms with E-state index in [4.69, 9.17) is 0 Å². The highest BCUT2D eigenvalue weighted by Crippen LogP contribution is 2.33. The van der Waals surface area contributed by atoms with Crippen molar-refractivity contribution in [2.24, 2.45) is 5.41 Å². The van der Waals surface area contributed by atoms with E-state index in [1.807, 2.05) is 0 Å². The van der Waals surface area contributed by atoms with Crippen LogP contribution in [0.3, 0.4) is 0 Å². The standard InChI is InChI=1S/C11H17/c1-9-7-5-6-8-10(9)11(2,3)4/h8H,5-6H2,1-4H3/q+1. The van der Waals surface area contributed by atoms with Crippen molar-refractivity contribution in [3.8, 4) is 0 Å². The Balaban J connectivity index is 2.87. The molecule has 0 spiro atoms. The summed E-state index contributed by atoms with van der Waals surface area (Å²) in [4.78, 5) is 0. The summed E-state index contributed by atoms with van der Waals surface area (Å²) in [6, 6.07) is 0. The van der Waals surface area contributed by atoms with E-state index < -0.39 is 0 Å². The third-order valence-corrected chi connectivity index (χ3v) is 2.09. The Morgan fingerprint density at radius 3 is 2.36 bits per heavy atom. The molecule has 0 fully saturated rings. The molecule has 0 unspecified atom stereocenters. The number of allylic oxidation sites excluding steroid dienone is 4. The lowest BCUT2D eigenvalue weighted by Gasteiger charge is -2.16. The summed E-state index contributed by atoms with van der Waals surface area (Å²) in [5.74, 6) is 0. The third kappa shape index (κ3) is 1.91. The Morgan fingerprint density at radius 1 is 1.36 bits per heavy atom. The lowest BCUT2D eigenvalue weighted by atomic mass is 9.79. The van der Waals surface area contributed by atoms with E-state index in [1.165, 1.54) is 17.6 Å². The van der Waals surface area contributed by atoms with Gasteiger partial charge in [-0.2, -0.15) is 0 Å². The fraction of sp³-hybridized carbons (Fsp3) is 0.636. The van der Waals surface area contributed by atoms with Crippen molar-refractivity contribution in [3.63, 3.8) is 0 Å². The second-order valence-corrected chi connectivity index (χ2v) is 4.21. The molecule has 0 amide bonds. The minimum atomic E-state index is 0.303. The first-order valence-electron chi connectivity index (χ1n) is 4.30. The SMILES string of the molecule is CC1=[C+]CCC=C1C(C)(C)C. The number of rotatable bonds is 0. The van der Waals surface area contributed by atoms with Gasteiger partial charge in [0.15, 0.2) is 5.57 Å². The van der Waals surface area contributed by atoms with Crippen LogP contribution in [0.1, 0.15) is 40.5 Å². The van der Waals surface area contributed by atoms with Crippen LogP contribution in [0.25, 0.3) is 0 Å². The molecule has 0 aromatic heterocycles. The van der Waals surface area contributed by atoms with Gasteiger partial charge >= 0.3 is 0 Å². The quantitative estimate of drug-likeness (QED) is 0.462. The molecule has 0 aliphatic heterocycles. The average molecular weight is 149 g/mol. The molecule has 0 nitrogen and oxygen atoms in total. The Kier molecular flexibility index (Phi) is 2.15. The highest BCUT2D eigenvalue weighted by atomic mass is 14.2. The van der Waals surface area contributed by atoms with Crippen molar-refractivity contribution in [3.05, 3.63) is 23.3 Å². The van der Waals surface area contributed by atoms with Crippen LogP contribution >= 0.6 is 0 Å². The molecule has 0 atom stereocenters. The Labute approximate surface area is 70.0 Å². The zero-order chi connectivity index (χ0) is 8.48. The maximum Gasteiger partial charge on any atom is 0.167 e. The summed E-state index contributed by atoms with van der Waals surface area (Å²) in [5.41, 5.74) is 3.13. The minimum Gasteiger partial charge on any atom is -0.0381 e. The Hall–Kier alpha value is -0.610. The van der Waals surface area contributed by atoms with Crippen molar-refractivity contribution in [1.82, 2.24) is 0 Å². The highest BCUT2D eigenvalue weighted by molar-refractivity contribution is 5.33. The molecule has 0 N–H and O–H groups in total. The molecule has 1 aliphatic rings. The molecular formula is C11H17+. The van der Waals surface area contributed by atoms with E-state index in [2.05, 4.69) is 39.8 Å². The first-order valence-corrected chi connectivity index (χ1v) is 4.30. The van der Waals surface area contributed by atoms with Gasteiger partial charge in [-0.25, -0.2) is 0 Å². The van der Waals surface area contributed by atoms with Crippen LogP contribution in [0.2, 0.25) is 0 Å². The van der Waals surface area contributed by atoms with Gasteiger partial charge in [0, 0.05) is 19.4 Å². The smallest absolute Gasteiger partial charge is 0.0381 e. The van der Waals surface area contributed by atoms with E-state index in [-0.39, 0.29) is 0 Å². The van der Waals surface area contributed by atoms with Gasteiger partial charge in [-0.15, -0.1) is 0 Å². The Bertz CT molecular complexity index is 199. The largest absolute Gasteiger partial charge is 0.167 e. The van der Waals surface area contributed by atoms with Gasteiger partial charge in [0.2, 0.25) is 0 Å². The molecule has 11 heavy (non-hydrogen) atoms. The molecule has 0 heterocycles. The van der Waals surface area contributed by atoms with Crippen LogP contribution in [0, 0.1) is 11.5 Å². The van der Waals surface area contributed by atoms with Gasteiger partial charge in [0.25, 0.3) is 0 Å². The zero-order valence-corrected chi connectivity index (χ0v) is 7.99. The highest BCUT2D eigenvalue weighted by Gasteiger charge is 2.28. The molecule has 0 saturated carbocycles. The van der Waals surface area contributed by atoms with Crippen LogP contribution in [0.15, 0.2) is 17.2 Å². The van der Waals surface area contributed by atoms with E-state index in [1.54, 1.807) is 0 Å². The van der Waals surface area contributed by atoms with Gasteiger partial charge in [-0.3, -0.25) is 0 Å². The van der Waals surface area contributed by atoms with Crippen molar-refractivity contribution in [2.45, 2.75) is 40.5 Å². The van der Waals surface area contributed by atoms with Gasteiger partial charge in [0.05, 0.1) is 23.5 Å². The van der Waals surface area contributed by atoms with Gasteiger partial charge < -0.3 is 0 Å². The first-order chi connectivity index (χ1) is 5.02. The molecule has 0 aromatic rings. The summed E-state index contributed by atoms with van der Waals surface area (Å²) in [5, 5.41) is 0. The maximum absolute atomic E-state index is 3.39. The molecule has 0 aromatic carbocycles. The van der Waals surface area contributed by atoms with Crippen LogP contribution in [-0.2, 0) is 0 Å². The Morgan fingerprint density at radius 2 is 2.00 bits per heavy atom. The van der Waals surface area contributed by atoms with Gasteiger partial charge in [-0.05, 0) is 20.8 Å². The van der Waals surface area contributed by atoms with E-state index in [0.29, 0.717) is 5.41 Å². The van der Waals surface area contributed by atoms with E-state index in [9.17, 15) is 0 Å². The predicted octanol–water partition coefficient (Wildman–Crippen LogP) is 3.50.